The second-order valence-corrected chi connectivity index (χ2v) is 4.02. The van der Waals surface area contributed by atoms with Gasteiger partial charge in [-0.3, -0.25) is 0 Å². The number of hydrogen-bond donors (Lipinski definition) is 1. The number of aromatic carboxylic acids is 1. The van der Waals surface area contributed by atoms with E-state index in [0.29, 0.717) is 5.52 Å². The molecule has 2 rings (SSSR count). The van der Waals surface area contributed by atoms with Gasteiger partial charge in [0.05, 0.1) is 11.1 Å². The number of methoxy groups -OCH3 is 1. The number of benzene rings is 1. The highest BCUT2D eigenvalue weighted by molar-refractivity contribution is 5.92. The maximum atomic E-state index is 10.8. The Morgan fingerprint density at radius 2 is 2.28 bits per heavy atom. The first-order valence-electron chi connectivity index (χ1n) is 5.78. The number of nitrogens with zero attached hydrogens (tertiary/aromatic N) is 3. The first kappa shape index (κ1) is 12.5. The van der Waals surface area contributed by atoms with Crippen LogP contribution in [0.15, 0.2) is 18.2 Å². The molecule has 0 aliphatic carbocycles. The van der Waals surface area contributed by atoms with Crippen LogP contribution in [0.4, 0.5) is 0 Å². The minimum Gasteiger partial charge on any atom is -0.478 e. The van der Waals surface area contributed by atoms with Crippen LogP contribution in [0, 0.1) is 0 Å². The van der Waals surface area contributed by atoms with E-state index in [9.17, 15) is 4.79 Å². The number of unbranched alkanes of at least 4 members (excludes halogenated alkanes) is 1. The topological polar surface area (TPSA) is 77.2 Å². The first-order chi connectivity index (χ1) is 8.72. The van der Waals surface area contributed by atoms with Crippen molar-refractivity contribution in [3.63, 3.8) is 0 Å². The van der Waals surface area contributed by atoms with E-state index in [1.165, 1.54) is 6.07 Å². The second kappa shape index (κ2) is 5.59. The van der Waals surface area contributed by atoms with Crippen LogP contribution in [0.25, 0.3) is 11.0 Å². The van der Waals surface area contributed by atoms with Gasteiger partial charge >= 0.3 is 5.97 Å². The molecule has 0 saturated carbocycles. The maximum Gasteiger partial charge on any atom is 0.335 e. The number of hydrogen-bond acceptors (Lipinski definition) is 4. The lowest BCUT2D eigenvalue weighted by atomic mass is 10.2. The predicted molar refractivity (Wildman–Crippen MR) is 65.6 cm³/mol. The van der Waals surface area contributed by atoms with Gasteiger partial charge in [0, 0.05) is 20.3 Å². The Balaban J connectivity index is 2.13. The Morgan fingerprint density at radius 3 is 3.00 bits per heavy atom. The zero-order valence-corrected chi connectivity index (χ0v) is 10.2. The molecule has 6 nitrogen and oxygen atoms in total. The van der Waals surface area contributed by atoms with Gasteiger partial charge in [-0.05, 0) is 31.0 Å². The lowest BCUT2D eigenvalue weighted by molar-refractivity contribution is 0.0697. The molecule has 18 heavy (non-hydrogen) atoms. The number of carbonyl (C=O) groups is 1. The average Bonchev–Trinajstić information content (AvgIpc) is 2.77. The van der Waals surface area contributed by atoms with Crippen molar-refractivity contribution >= 4 is 17.0 Å². The summed E-state index contributed by atoms with van der Waals surface area (Å²) < 4.78 is 6.77. The highest BCUT2D eigenvalue weighted by atomic mass is 16.5. The normalized spacial score (nSPS) is 10.9. The van der Waals surface area contributed by atoms with Gasteiger partial charge in [0.25, 0.3) is 0 Å². The molecule has 1 aromatic carbocycles. The van der Waals surface area contributed by atoms with Gasteiger partial charge in [-0.1, -0.05) is 5.21 Å². The molecular weight excluding hydrogens is 234 g/mol. The van der Waals surface area contributed by atoms with E-state index in [1.807, 2.05) is 0 Å². The van der Waals surface area contributed by atoms with Crippen molar-refractivity contribution in [2.75, 3.05) is 13.7 Å². The molecule has 0 bridgehead atoms. The third-order valence-electron chi connectivity index (χ3n) is 2.73. The third kappa shape index (κ3) is 2.65. The van der Waals surface area contributed by atoms with Gasteiger partial charge < -0.3 is 9.84 Å². The van der Waals surface area contributed by atoms with Crippen LogP contribution in [0.2, 0.25) is 0 Å². The van der Waals surface area contributed by atoms with Gasteiger partial charge in [0.1, 0.15) is 5.52 Å². The van der Waals surface area contributed by atoms with Gasteiger partial charge in [-0.15, -0.1) is 5.10 Å². The number of ether oxygens (including phenoxy) is 1. The van der Waals surface area contributed by atoms with Gasteiger partial charge in [-0.2, -0.15) is 0 Å². The molecule has 6 heteroatoms. The van der Waals surface area contributed by atoms with Crippen LogP contribution in [0.1, 0.15) is 23.2 Å². The fraction of sp³-hybridized carbons (Fsp3) is 0.417. The molecule has 1 N–H and O–H groups in total. The zero-order valence-electron chi connectivity index (χ0n) is 10.2. The molecule has 0 aliphatic rings. The van der Waals surface area contributed by atoms with Gasteiger partial charge in [0.2, 0.25) is 0 Å². The summed E-state index contributed by atoms with van der Waals surface area (Å²) in [4.78, 5) is 10.8. The number of fused-ring (bicyclic) bond motifs is 1. The molecule has 0 amide bonds. The standard InChI is InChI=1S/C12H15N3O3/c1-18-7-3-2-6-15-11-5-4-9(12(16)17)8-10(11)13-14-15/h4-5,8H,2-3,6-7H2,1H3,(H,16,17). The number of aromatic nitrogens is 3. The summed E-state index contributed by atoms with van der Waals surface area (Å²) in [7, 11) is 1.68. The third-order valence-corrected chi connectivity index (χ3v) is 2.73. The molecule has 1 heterocycles. The Bertz CT molecular complexity index is 550. The Hall–Kier alpha value is -1.95. The number of rotatable bonds is 6. The van der Waals surface area contributed by atoms with Crippen molar-refractivity contribution in [1.82, 2.24) is 15.0 Å². The van der Waals surface area contributed by atoms with Crippen LogP contribution in [0.3, 0.4) is 0 Å². The summed E-state index contributed by atoms with van der Waals surface area (Å²) in [6.45, 7) is 1.49. The Morgan fingerprint density at radius 1 is 1.44 bits per heavy atom. The number of aryl methyl sites for hydroxylation is 1. The zero-order chi connectivity index (χ0) is 13.0. The quantitative estimate of drug-likeness (QED) is 0.786. The number of carboxylic acids is 1. The summed E-state index contributed by atoms with van der Waals surface area (Å²) in [5, 5.41) is 16.9. The summed E-state index contributed by atoms with van der Waals surface area (Å²) in [6.07, 6.45) is 1.91. The number of carboxylic acid groups (broad SMARTS) is 1. The average molecular weight is 249 g/mol. The van der Waals surface area contributed by atoms with E-state index < -0.39 is 5.97 Å². The molecule has 0 radical (unpaired) electrons. The molecule has 1 aromatic heterocycles. The molecule has 2 aromatic rings. The largest absolute Gasteiger partial charge is 0.478 e. The maximum absolute atomic E-state index is 10.8. The SMILES string of the molecule is COCCCCn1nnc2cc(C(=O)O)ccc21. The highest BCUT2D eigenvalue weighted by Crippen LogP contribution is 2.14. The van der Waals surface area contributed by atoms with Gasteiger partial charge in [-0.25, -0.2) is 9.48 Å². The fourth-order valence-corrected chi connectivity index (χ4v) is 1.78. The lowest BCUT2D eigenvalue weighted by Crippen LogP contribution is -2.02. The molecule has 96 valence electrons. The minimum absolute atomic E-state index is 0.230. The van der Waals surface area contributed by atoms with E-state index >= 15 is 0 Å². The van der Waals surface area contributed by atoms with Crippen molar-refractivity contribution in [1.29, 1.82) is 0 Å². The Kier molecular flexibility index (Phi) is 3.88. The second-order valence-electron chi connectivity index (χ2n) is 4.02. The smallest absolute Gasteiger partial charge is 0.335 e. The predicted octanol–water partition coefficient (Wildman–Crippen LogP) is 1.56. The van der Waals surface area contributed by atoms with Crippen LogP contribution in [-0.2, 0) is 11.3 Å². The fourth-order valence-electron chi connectivity index (χ4n) is 1.78. The summed E-state index contributed by atoms with van der Waals surface area (Å²) in [5.74, 6) is -0.952. The van der Waals surface area contributed by atoms with Crippen molar-refractivity contribution in [3.05, 3.63) is 23.8 Å². The van der Waals surface area contributed by atoms with Crippen molar-refractivity contribution < 1.29 is 14.6 Å². The Labute approximate surface area is 104 Å². The van der Waals surface area contributed by atoms with Crippen LogP contribution in [0.5, 0.6) is 0 Å². The van der Waals surface area contributed by atoms with Crippen LogP contribution >= 0.6 is 0 Å². The highest BCUT2D eigenvalue weighted by Gasteiger charge is 2.08. The van der Waals surface area contributed by atoms with Crippen molar-refractivity contribution in [3.8, 4) is 0 Å². The lowest BCUT2D eigenvalue weighted by Gasteiger charge is -2.02. The van der Waals surface area contributed by atoms with E-state index in [2.05, 4.69) is 10.3 Å². The van der Waals surface area contributed by atoms with E-state index in [-0.39, 0.29) is 5.56 Å². The van der Waals surface area contributed by atoms with Crippen molar-refractivity contribution in [2.45, 2.75) is 19.4 Å². The molecule has 0 aliphatic heterocycles. The summed E-state index contributed by atoms with van der Waals surface area (Å²) in [5.41, 5.74) is 1.70. The molecule has 0 fully saturated rings. The molecule has 0 unspecified atom stereocenters. The summed E-state index contributed by atoms with van der Waals surface area (Å²) in [6, 6.07) is 4.85. The minimum atomic E-state index is -0.952. The van der Waals surface area contributed by atoms with E-state index in [1.54, 1.807) is 23.9 Å². The monoisotopic (exact) mass is 249 g/mol. The molecule has 0 saturated heterocycles. The molecule has 0 spiro atoms. The van der Waals surface area contributed by atoms with Crippen LogP contribution in [-0.4, -0.2) is 39.8 Å². The molecule has 0 atom stereocenters. The first-order valence-corrected chi connectivity index (χ1v) is 5.78. The van der Waals surface area contributed by atoms with E-state index in [0.717, 1.165) is 31.5 Å². The van der Waals surface area contributed by atoms with Crippen LogP contribution < -0.4 is 0 Å². The molecular formula is C12H15N3O3. The summed E-state index contributed by atoms with van der Waals surface area (Å²) >= 11 is 0. The van der Waals surface area contributed by atoms with Crippen molar-refractivity contribution in [2.24, 2.45) is 0 Å². The van der Waals surface area contributed by atoms with Gasteiger partial charge in [0.15, 0.2) is 0 Å². The van der Waals surface area contributed by atoms with E-state index in [4.69, 9.17) is 9.84 Å².